The fourth-order valence-corrected chi connectivity index (χ4v) is 2.23. The SMILES string of the molecule is CSc1cccc(N(CCO)CCO)c1C#N. The number of aliphatic hydroxyl groups is 2. The molecular weight excluding hydrogens is 236 g/mol. The second kappa shape index (κ2) is 7.17. The molecule has 5 heteroatoms. The Balaban J connectivity index is 3.13. The van der Waals surface area contributed by atoms with Crippen LogP contribution in [-0.4, -0.2) is 42.8 Å². The van der Waals surface area contributed by atoms with Crippen molar-refractivity contribution >= 4 is 17.4 Å². The predicted molar refractivity (Wildman–Crippen MR) is 69.3 cm³/mol. The van der Waals surface area contributed by atoms with E-state index in [0.717, 1.165) is 10.6 Å². The van der Waals surface area contributed by atoms with E-state index in [1.165, 1.54) is 11.8 Å². The zero-order valence-corrected chi connectivity index (χ0v) is 10.6. The van der Waals surface area contributed by atoms with Gasteiger partial charge in [0.2, 0.25) is 0 Å². The van der Waals surface area contributed by atoms with E-state index in [0.29, 0.717) is 18.7 Å². The van der Waals surface area contributed by atoms with E-state index < -0.39 is 0 Å². The first-order valence-corrected chi connectivity index (χ1v) is 6.54. The second-order valence-electron chi connectivity index (χ2n) is 3.40. The number of nitrogens with zero attached hydrogens (tertiary/aromatic N) is 2. The molecule has 0 amide bonds. The summed E-state index contributed by atoms with van der Waals surface area (Å²) < 4.78 is 0. The first-order chi connectivity index (χ1) is 8.28. The average molecular weight is 252 g/mol. The molecule has 0 fully saturated rings. The van der Waals surface area contributed by atoms with Crippen molar-refractivity contribution in [3.8, 4) is 6.07 Å². The minimum Gasteiger partial charge on any atom is -0.395 e. The van der Waals surface area contributed by atoms with Crippen LogP contribution >= 0.6 is 11.8 Å². The quantitative estimate of drug-likeness (QED) is 0.741. The highest BCUT2D eigenvalue weighted by molar-refractivity contribution is 7.98. The third-order valence-electron chi connectivity index (χ3n) is 2.42. The first kappa shape index (κ1) is 13.8. The topological polar surface area (TPSA) is 67.5 Å². The highest BCUT2D eigenvalue weighted by Gasteiger charge is 2.13. The Morgan fingerprint density at radius 3 is 2.41 bits per heavy atom. The number of anilines is 1. The third kappa shape index (κ3) is 3.37. The summed E-state index contributed by atoms with van der Waals surface area (Å²) in [4.78, 5) is 2.73. The molecule has 0 bridgehead atoms. The number of nitriles is 1. The Hall–Kier alpha value is -1.22. The van der Waals surface area contributed by atoms with Gasteiger partial charge in [0.1, 0.15) is 6.07 Å². The largest absolute Gasteiger partial charge is 0.395 e. The molecule has 0 spiro atoms. The van der Waals surface area contributed by atoms with Crippen LogP contribution in [0.25, 0.3) is 0 Å². The maximum atomic E-state index is 9.20. The maximum absolute atomic E-state index is 9.20. The molecule has 0 saturated carbocycles. The molecule has 0 aliphatic carbocycles. The predicted octanol–water partition coefficient (Wildman–Crippen LogP) is 1.07. The zero-order chi connectivity index (χ0) is 12.7. The van der Waals surface area contributed by atoms with Crippen LogP contribution in [0.2, 0.25) is 0 Å². The molecule has 0 unspecified atom stereocenters. The molecule has 92 valence electrons. The van der Waals surface area contributed by atoms with Gasteiger partial charge in [0.25, 0.3) is 0 Å². The number of aliphatic hydroxyl groups excluding tert-OH is 2. The molecule has 0 aliphatic rings. The Labute approximate surface area is 105 Å². The van der Waals surface area contributed by atoms with Gasteiger partial charge in [0, 0.05) is 18.0 Å². The van der Waals surface area contributed by atoms with E-state index in [1.54, 1.807) is 0 Å². The fraction of sp³-hybridized carbons (Fsp3) is 0.417. The summed E-state index contributed by atoms with van der Waals surface area (Å²) in [5.74, 6) is 0. The van der Waals surface area contributed by atoms with Gasteiger partial charge in [-0.05, 0) is 18.4 Å². The molecule has 1 aromatic carbocycles. The first-order valence-electron chi connectivity index (χ1n) is 5.32. The van der Waals surface area contributed by atoms with Crippen LogP contribution in [0.4, 0.5) is 5.69 Å². The molecule has 17 heavy (non-hydrogen) atoms. The van der Waals surface area contributed by atoms with E-state index in [2.05, 4.69) is 6.07 Å². The number of hydrogen-bond donors (Lipinski definition) is 2. The summed E-state index contributed by atoms with van der Waals surface area (Å²) >= 11 is 1.51. The van der Waals surface area contributed by atoms with Gasteiger partial charge in [-0.3, -0.25) is 0 Å². The molecule has 0 atom stereocenters. The minimum atomic E-state index is -0.00559. The lowest BCUT2D eigenvalue weighted by Gasteiger charge is -2.24. The van der Waals surface area contributed by atoms with Gasteiger partial charge in [-0.2, -0.15) is 5.26 Å². The second-order valence-corrected chi connectivity index (χ2v) is 4.25. The van der Waals surface area contributed by atoms with Gasteiger partial charge in [0.15, 0.2) is 0 Å². The number of benzene rings is 1. The van der Waals surface area contributed by atoms with E-state index in [4.69, 9.17) is 10.2 Å². The van der Waals surface area contributed by atoms with Crippen LogP contribution in [0, 0.1) is 11.3 Å². The third-order valence-corrected chi connectivity index (χ3v) is 3.20. The molecule has 0 saturated heterocycles. The molecule has 0 heterocycles. The average Bonchev–Trinajstić information content (AvgIpc) is 2.37. The van der Waals surface area contributed by atoms with Crippen LogP contribution in [0.5, 0.6) is 0 Å². The van der Waals surface area contributed by atoms with Gasteiger partial charge < -0.3 is 15.1 Å². The van der Waals surface area contributed by atoms with Crippen molar-refractivity contribution in [1.29, 1.82) is 5.26 Å². The van der Waals surface area contributed by atoms with Crippen molar-refractivity contribution in [2.75, 3.05) is 37.5 Å². The smallest absolute Gasteiger partial charge is 0.103 e. The standard InChI is InChI=1S/C12H16N2O2S/c1-17-12-4-2-3-11(10(12)9-13)14(5-7-15)6-8-16/h2-4,15-16H,5-8H2,1H3. The van der Waals surface area contributed by atoms with Gasteiger partial charge in [-0.15, -0.1) is 11.8 Å². The highest BCUT2D eigenvalue weighted by Crippen LogP contribution is 2.28. The van der Waals surface area contributed by atoms with Crippen molar-refractivity contribution in [2.45, 2.75) is 4.90 Å². The lowest BCUT2D eigenvalue weighted by molar-refractivity contribution is 0.281. The van der Waals surface area contributed by atoms with Crippen LogP contribution in [0.1, 0.15) is 5.56 Å². The van der Waals surface area contributed by atoms with Gasteiger partial charge in [0.05, 0.1) is 24.5 Å². The minimum absolute atomic E-state index is 0.00559. The van der Waals surface area contributed by atoms with Crippen molar-refractivity contribution in [2.24, 2.45) is 0 Å². The van der Waals surface area contributed by atoms with Gasteiger partial charge in [-0.25, -0.2) is 0 Å². The fourth-order valence-electron chi connectivity index (χ4n) is 1.66. The molecule has 0 radical (unpaired) electrons. The van der Waals surface area contributed by atoms with E-state index in [-0.39, 0.29) is 13.2 Å². The molecule has 0 aromatic heterocycles. The van der Waals surface area contributed by atoms with Gasteiger partial charge in [-0.1, -0.05) is 6.07 Å². The van der Waals surface area contributed by atoms with E-state index >= 15 is 0 Å². The van der Waals surface area contributed by atoms with Crippen molar-refractivity contribution < 1.29 is 10.2 Å². The summed E-state index contributed by atoms with van der Waals surface area (Å²) in [6.07, 6.45) is 1.92. The number of thioether (sulfide) groups is 1. The molecular formula is C12H16N2O2S. The Bertz CT molecular complexity index is 398. The summed E-state index contributed by atoms with van der Waals surface area (Å²) in [7, 11) is 0. The van der Waals surface area contributed by atoms with E-state index in [9.17, 15) is 5.26 Å². The number of rotatable bonds is 6. The molecule has 4 nitrogen and oxygen atoms in total. The molecule has 1 rings (SSSR count). The Morgan fingerprint density at radius 2 is 1.94 bits per heavy atom. The summed E-state index contributed by atoms with van der Waals surface area (Å²) in [5.41, 5.74) is 1.37. The van der Waals surface area contributed by atoms with Crippen LogP contribution in [0.15, 0.2) is 23.1 Å². The molecule has 1 aromatic rings. The van der Waals surface area contributed by atoms with Crippen LogP contribution in [0.3, 0.4) is 0 Å². The summed E-state index contributed by atoms with van der Waals surface area (Å²) in [6, 6.07) is 7.79. The summed E-state index contributed by atoms with van der Waals surface area (Å²) in [5, 5.41) is 27.2. The molecule has 0 aliphatic heterocycles. The Kier molecular flexibility index (Phi) is 5.84. The van der Waals surface area contributed by atoms with Crippen LogP contribution in [-0.2, 0) is 0 Å². The summed E-state index contributed by atoms with van der Waals surface area (Å²) in [6.45, 7) is 0.808. The van der Waals surface area contributed by atoms with Crippen molar-refractivity contribution in [3.05, 3.63) is 23.8 Å². The normalized spacial score (nSPS) is 10.0. The monoisotopic (exact) mass is 252 g/mol. The maximum Gasteiger partial charge on any atom is 0.103 e. The van der Waals surface area contributed by atoms with E-state index in [1.807, 2.05) is 29.4 Å². The highest BCUT2D eigenvalue weighted by atomic mass is 32.2. The lowest BCUT2D eigenvalue weighted by Crippen LogP contribution is -2.30. The van der Waals surface area contributed by atoms with Crippen LogP contribution < -0.4 is 4.90 Å². The zero-order valence-electron chi connectivity index (χ0n) is 9.76. The van der Waals surface area contributed by atoms with Crippen molar-refractivity contribution in [3.63, 3.8) is 0 Å². The Morgan fingerprint density at radius 1 is 1.29 bits per heavy atom. The number of hydrogen-bond acceptors (Lipinski definition) is 5. The van der Waals surface area contributed by atoms with Crippen molar-refractivity contribution in [1.82, 2.24) is 0 Å². The van der Waals surface area contributed by atoms with Gasteiger partial charge >= 0.3 is 0 Å². The lowest BCUT2D eigenvalue weighted by atomic mass is 10.1. The molecule has 2 N–H and O–H groups in total.